The fourth-order valence-electron chi connectivity index (χ4n) is 3.08. The fourth-order valence-corrected chi connectivity index (χ4v) is 3.08. The molecular formula is C18H21FN4O2. The van der Waals surface area contributed by atoms with Crippen LogP contribution in [0.1, 0.15) is 34.8 Å². The van der Waals surface area contributed by atoms with Crippen LogP contribution in [0.5, 0.6) is 5.75 Å². The van der Waals surface area contributed by atoms with Gasteiger partial charge in [-0.25, -0.2) is 14.4 Å². The van der Waals surface area contributed by atoms with Crippen molar-refractivity contribution in [3.8, 4) is 5.75 Å². The second-order valence-corrected chi connectivity index (χ2v) is 6.00. The van der Waals surface area contributed by atoms with E-state index in [1.165, 1.54) is 24.5 Å². The molecule has 1 fully saturated rings. The molecule has 7 heteroatoms. The molecule has 1 amide bonds. The van der Waals surface area contributed by atoms with E-state index in [1.54, 1.807) is 11.1 Å². The summed E-state index contributed by atoms with van der Waals surface area (Å²) >= 11 is 0. The lowest BCUT2D eigenvalue weighted by Crippen LogP contribution is -2.39. The van der Waals surface area contributed by atoms with E-state index < -0.39 is 5.82 Å². The van der Waals surface area contributed by atoms with Crippen LogP contribution in [0.2, 0.25) is 0 Å². The molecule has 0 radical (unpaired) electrons. The topological polar surface area (TPSA) is 81.3 Å². The molecule has 6 nitrogen and oxygen atoms in total. The standard InChI is InChI=1S/C18H21FN4O2/c19-14-3-4-17(25-9-6-20)15(10-14)18(24)23-8-1-2-13(11-23)16-5-7-21-12-22-16/h3-5,7,10,12-13H,1-2,6,8-9,11,20H2. The maximum Gasteiger partial charge on any atom is 0.257 e. The summed E-state index contributed by atoms with van der Waals surface area (Å²) in [6.45, 7) is 1.77. The lowest BCUT2D eigenvalue weighted by molar-refractivity contribution is 0.0701. The molecule has 25 heavy (non-hydrogen) atoms. The quantitative estimate of drug-likeness (QED) is 0.897. The summed E-state index contributed by atoms with van der Waals surface area (Å²) in [5.41, 5.74) is 6.61. The molecular weight excluding hydrogens is 323 g/mol. The van der Waals surface area contributed by atoms with Crippen molar-refractivity contribution in [2.24, 2.45) is 5.73 Å². The number of benzene rings is 1. The highest BCUT2D eigenvalue weighted by Gasteiger charge is 2.28. The van der Waals surface area contributed by atoms with Crippen LogP contribution in [0.25, 0.3) is 0 Å². The first-order valence-corrected chi connectivity index (χ1v) is 8.36. The third-order valence-corrected chi connectivity index (χ3v) is 4.28. The highest BCUT2D eigenvalue weighted by Crippen LogP contribution is 2.28. The van der Waals surface area contributed by atoms with Crippen LogP contribution >= 0.6 is 0 Å². The molecule has 1 atom stereocenters. The van der Waals surface area contributed by atoms with Gasteiger partial charge in [-0.2, -0.15) is 0 Å². The zero-order valence-electron chi connectivity index (χ0n) is 13.9. The normalized spacial score (nSPS) is 17.4. The molecule has 0 bridgehead atoms. The predicted octanol–water partition coefficient (Wildman–Crippen LogP) is 1.97. The minimum Gasteiger partial charge on any atom is -0.491 e. The minimum absolute atomic E-state index is 0.155. The van der Waals surface area contributed by atoms with Crippen molar-refractivity contribution in [1.82, 2.24) is 14.9 Å². The van der Waals surface area contributed by atoms with Crippen LogP contribution in [-0.2, 0) is 0 Å². The number of hydrogen-bond acceptors (Lipinski definition) is 5. The Bertz CT molecular complexity index is 726. The van der Waals surface area contributed by atoms with Gasteiger partial charge in [0.1, 0.15) is 24.5 Å². The van der Waals surface area contributed by atoms with Crippen LogP contribution in [0.3, 0.4) is 0 Å². The summed E-state index contributed by atoms with van der Waals surface area (Å²) in [5, 5.41) is 0. The Morgan fingerprint density at radius 2 is 2.28 bits per heavy atom. The van der Waals surface area contributed by atoms with Crippen molar-refractivity contribution in [3.63, 3.8) is 0 Å². The number of hydrogen-bond donors (Lipinski definition) is 1. The Kier molecular flexibility index (Phi) is 5.55. The number of aromatic nitrogens is 2. The van der Waals surface area contributed by atoms with Gasteiger partial charge in [-0.15, -0.1) is 0 Å². The number of halogens is 1. The maximum atomic E-state index is 13.7. The molecule has 3 rings (SSSR count). The van der Waals surface area contributed by atoms with Crippen LogP contribution < -0.4 is 10.5 Å². The predicted molar refractivity (Wildman–Crippen MR) is 90.9 cm³/mol. The molecule has 1 saturated heterocycles. The van der Waals surface area contributed by atoms with E-state index in [0.29, 0.717) is 25.4 Å². The maximum absolute atomic E-state index is 13.7. The zero-order valence-corrected chi connectivity index (χ0v) is 13.9. The Morgan fingerprint density at radius 3 is 3.04 bits per heavy atom. The van der Waals surface area contributed by atoms with Crippen molar-refractivity contribution in [1.29, 1.82) is 0 Å². The van der Waals surface area contributed by atoms with Crippen molar-refractivity contribution in [3.05, 3.63) is 53.9 Å². The second kappa shape index (κ2) is 8.02. The van der Waals surface area contributed by atoms with E-state index in [-0.39, 0.29) is 24.0 Å². The number of amides is 1. The third-order valence-electron chi connectivity index (χ3n) is 4.28. The lowest BCUT2D eigenvalue weighted by atomic mass is 9.94. The first kappa shape index (κ1) is 17.3. The molecule has 1 aromatic carbocycles. The van der Waals surface area contributed by atoms with Gasteiger partial charge < -0.3 is 15.4 Å². The Labute approximate surface area is 145 Å². The third kappa shape index (κ3) is 4.11. The SMILES string of the molecule is NCCOc1ccc(F)cc1C(=O)N1CCCC(c2ccncn2)C1. The summed E-state index contributed by atoms with van der Waals surface area (Å²) in [5.74, 6) is -0.179. The van der Waals surface area contributed by atoms with E-state index >= 15 is 0 Å². The minimum atomic E-state index is -0.465. The molecule has 0 aliphatic carbocycles. The Hall–Kier alpha value is -2.54. The molecule has 1 aliphatic rings. The summed E-state index contributed by atoms with van der Waals surface area (Å²) in [7, 11) is 0. The number of rotatable bonds is 5. The molecule has 1 aromatic heterocycles. The van der Waals surface area contributed by atoms with Crippen LogP contribution in [0.4, 0.5) is 4.39 Å². The summed E-state index contributed by atoms with van der Waals surface area (Å²) in [4.78, 5) is 22.9. The average Bonchev–Trinajstić information content (AvgIpc) is 2.67. The monoisotopic (exact) mass is 344 g/mol. The van der Waals surface area contributed by atoms with Gasteiger partial charge in [0.15, 0.2) is 0 Å². The molecule has 2 aromatic rings. The van der Waals surface area contributed by atoms with Gasteiger partial charge in [0.05, 0.1) is 5.56 Å². The van der Waals surface area contributed by atoms with Gasteiger partial charge in [-0.05, 0) is 37.1 Å². The summed E-state index contributed by atoms with van der Waals surface area (Å²) in [6.07, 6.45) is 5.05. The molecule has 1 aliphatic heterocycles. The number of likely N-dealkylation sites (tertiary alicyclic amines) is 1. The highest BCUT2D eigenvalue weighted by atomic mass is 19.1. The van der Waals surface area contributed by atoms with Gasteiger partial charge in [-0.1, -0.05) is 0 Å². The number of ether oxygens (including phenoxy) is 1. The largest absolute Gasteiger partial charge is 0.491 e. The average molecular weight is 344 g/mol. The van der Waals surface area contributed by atoms with E-state index in [2.05, 4.69) is 9.97 Å². The molecule has 0 saturated carbocycles. The van der Waals surface area contributed by atoms with Crippen LogP contribution in [0, 0.1) is 5.82 Å². The molecule has 0 spiro atoms. The van der Waals surface area contributed by atoms with Crippen molar-refractivity contribution < 1.29 is 13.9 Å². The van der Waals surface area contributed by atoms with Crippen molar-refractivity contribution >= 4 is 5.91 Å². The van der Waals surface area contributed by atoms with E-state index in [4.69, 9.17) is 10.5 Å². The van der Waals surface area contributed by atoms with Gasteiger partial charge in [0.2, 0.25) is 0 Å². The summed E-state index contributed by atoms with van der Waals surface area (Å²) < 4.78 is 19.2. The molecule has 2 heterocycles. The van der Waals surface area contributed by atoms with E-state index in [9.17, 15) is 9.18 Å². The first-order chi connectivity index (χ1) is 12.2. The van der Waals surface area contributed by atoms with E-state index in [0.717, 1.165) is 18.5 Å². The second-order valence-electron chi connectivity index (χ2n) is 6.00. The summed E-state index contributed by atoms with van der Waals surface area (Å²) in [6, 6.07) is 5.85. The fraction of sp³-hybridized carbons (Fsp3) is 0.389. The lowest BCUT2D eigenvalue weighted by Gasteiger charge is -2.32. The van der Waals surface area contributed by atoms with Crippen LogP contribution in [0.15, 0.2) is 36.8 Å². The number of piperidine rings is 1. The first-order valence-electron chi connectivity index (χ1n) is 8.36. The van der Waals surface area contributed by atoms with Gasteiger partial charge >= 0.3 is 0 Å². The number of carbonyl (C=O) groups excluding carboxylic acids is 1. The number of carbonyl (C=O) groups is 1. The molecule has 132 valence electrons. The molecule has 2 N–H and O–H groups in total. The van der Waals surface area contributed by atoms with Crippen LogP contribution in [-0.4, -0.2) is 47.0 Å². The van der Waals surface area contributed by atoms with Gasteiger partial charge in [0, 0.05) is 37.4 Å². The molecule has 1 unspecified atom stereocenters. The number of nitrogens with two attached hydrogens (primary N) is 1. The number of nitrogens with zero attached hydrogens (tertiary/aromatic N) is 3. The highest BCUT2D eigenvalue weighted by molar-refractivity contribution is 5.97. The Balaban J connectivity index is 1.79. The Morgan fingerprint density at radius 1 is 1.40 bits per heavy atom. The van der Waals surface area contributed by atoms with Crippen molar-refractivity contribution in [2.45, 2.75) is 18.8 Å². The smallest absolute Gasteiger partial charge is 0.257 e. The van der Waals surface area contributed by atoms with E-state index in [1.807, 2.05) is 6.07 Å². The van der Waals surface area contributed by atoms with Gasteiger partial charge in [0.25, 0.3) is 5.91 Å². The zero-order chi connectivity index (χ0) is 17.6. The van der Waals surface area contributed by atoms with Gasteiger partial charge in [-0.3, -0.25) is 4.79 Å². The van der Waals surface area contributed by atoms with Crippen molar-refractivity contribution in [2.75, 3.05) is 26.2 Å².